The normalized spacial score (nSPS) is 16.4. The van der Waals surface area contributed by atoms with Gasteiger partial charge in [0, 0.05) is 24.7 Å². The van der Waals surface area contributed by atoms with Crippen molar-refractivity contribution < 1.29 is 14.0 Å². The number of hydrogen-bond donors (Lipinski definition) is 2. The number of carbonyl (C=O) groups is 2. The van der Waals surface area contributed by atoms with Crippen LogP contribution in [-0.2, 0) is 0 Å². The molecule has 8 heteroatoms. The number of anilines is 1. The fourth-order valence-corrected chi connectivity index (χ4v) is 3.72. The lowest BCUT2D eigenvalue weighted by Gasteiger charge is -2.14. The van der Waals surface area contributed by atoms with Gasteiger partial charge in [-0.25, -0.2) is 4.39 Å². The quantitative estimate of drug-likeness (QED) is 0.855. The van der Waals surface area contributed by atoms with E-state index in [2.05, 4.69) is 5.32 Å². The number of carbonyl (C=O) groups excluding carboxylic acids is 2. The SMILES string of the molecule is Cc1cc(NC(=O)c2cccc(F)c2)sc1C(=O)N1CC[C@@H](N)C1.Cl. The van der Waals surface area contributed by atoms with Crippen molar-refractivity contribution >= 4 is 40.6 Å². The highest BCUT2D eigenvalue weighted by Gasteiger charge is 2.27. The first-order chi connectivity index (χ1) is 11.4. The molecule has 3 rings (SSSR count). The Labute approximate surface area is 155 Å². The van der Waals surface area contributed by atoms with E-state index in [4.69, 9.17) is 5.73 Å². The molecule has 0 spiro atoms. The van der Waals surface area contributed by atoms with Crippen LogP contribution in [0.1, 0.15) is 32.0 Å². The van der Waals surface area contributed by atoms with Crippen LogP contribution < -0.4 is 11.1 Å². The number of aryl methyl sites for hydroxylation is 1. The molecule has 0 unspecified atom stereocenters. The molecule has 1 saturated heterocycles. The van der Waals surface area contributed by atoms with Crippen molar-refractivity contribution in [1.29, 1.82) is 0 Å². The highest BCUT2D eigenvalue weighted by molar-refractivity contribution is 7.18. The Morgan fingerprint density at radius 1 is 1.36 bits per heavy atom. The van der Waals surface area contributed by atoms with Crippen LogP contribution in [0.2, 0.25) is 0 Å². The molecule has 2 aromatic rings. The van der Waals surface area contributed by atoms with Crippen molar-refractivity contribution in [3.63, 3.8) is 0 Å². The zero-order chi connectivity index (χ0) is 17.3. The lowest BCUT2D eigenvalue weighted by Crippen LogP contribution is -2.31. The second-order valence-electron chi connectivity index (χ2n) is 5.89. The molecule has 1 aromatic carbocycles. The Kier molecular flexibility index (Phi) is 6.16. The minimum Gasteiger partial charge on any atom is -0.336 e. The van der Waals surface area contributed by atoms with Crippen molar-refractivity contribution in [1.82, 2.24) is 4.90 Å². The van der Waals surface area contributed by atoms with Crippen LogP contribution in [0.4, 0.5) is 9.39 Å². The molecule has 1 atom stereocenters. The van der Waals surface area contributed by atoms with Crippen molar-refractivity contribution in [3.8, 4) is 0 Å². The minimum absolute atomic E-state index is 0. The number of nitrogens with one attached hydrogen (secondary N) is 1. The third kappa shape index (κ3) is 4.36. The Hall–Kier alpha value is -1.96. The summed E-state index contributed by atoms with van der Waals surface area (Å²) in [5, 5.41) is 3.28. The predicted octanol–water partition coefficient (Wildman–Crippen LogP) is 3.04. The molecule has 1 aromatic heterocycles. The lowest BCUT2D eigenvalue weighted by atomic mass is 10.2. The maximum absolute atomic E-state index is 13.2. The average Bonchev–Trinajstić information content (AvgIpc) is 3.12. The van der Waals surface area contributed by atoms with E-state index in [9.17, 15) is 14.0 Å². The number of halogens is 2. The first kappa shape index (κ1) is 19.4. The largest absolute Gasteiger partial charge is 0.336 e. The molecule has 2 heterocycles. The molecule has 1 fully saturated rings. The molecule has 3 N–H and O–H groups in total. The van der Waals surface area contributed by atoms with Gasteiger partial charge < -0.3 is 16.0 Å². The van der Waals surface area contributed by atoms with Gasteiger partial charge >= 0.3 is 0 Å². The third-order valence-electron chi connectivity index (χ3n) is 3.95. The monoisotopic (exact) mass is 383 g/mol. The summed E-state index contributed by atoms with van der Waals surface area (Å²) in [6, 6.07) is 7.26. The van der Waals surface area contributed by atoms with Gasteiger partial charge in [0.1, 0.15) is 5.82 Å². The van der Waals surface area contributed by atoms with E-state index in [1.165, 1.54) is 35.6 Å². The van der Waals surface area contributed by atoms with Gasteiger partial charge in [0.15, 0.2) is 0 Å². The molecule has 1 aliphatic heterocycles. The Morgan fingerprint density at radius 2 is 2.12 bits per heavy atom. The number of likely N-dealkylation sites (tertiary alicyclic amines) is 1. The summed E-state index contributed by atoms with van der Waals surface area (Å²) in [5.41, 5.74) is 6.89. The predicted molar refractivity (Wildman–Crippen MR) is 99.2 cm³/mol. The van der Waals surface area contributed by atoms with Crippen molar-refractivity contribution in [2.75, 3.05) is 18.4 Å². The number of thiophene rings is 1. The molecule has 0 radical (unpaired) electrons. The van der Waals surface area contributed by atoms with E-state index in [-0.39, 0.29) is 29.9 Å². The number of amides is 2. The topological polar surface area (TPSA) is 75.4 Å². The molecule has 5 nitrogen and oxygen atoms in total. The summed E-state index contributed by atoms with van der Waals surface area (Å²) >= 11 is 1.23. The smallest absolute Gasteiger partial charge is 0.264 e. The zero-order valence-corrected chi connectivity index (χ0v) is 15.3. The van der Waals surface area contributed by atoms with Gasteiger partial charge in [-0.1, -0.05) is 6.07 Å². The van der Waals surface area contributed by atoms with Crippen LogP contribution >= 0.6 is 23.7 Å². The van der Waals surface area contributed by atoms with Crippen LogP contribution in [0, 0.1) is 12.7 Å². The molecule has 1 aliphatic rings. The maximum atomic E-state index is 13.2. The zero-order valence-electron chi connectivity index (χ0n) is 13.6. The second kappa shape index (κ2) is 7.95. The van der Waals surface area contributed by atoms with Gasteiger partial charge in [0.2, 0.25) is 0 Å². The third-order valence-corrected chi connectivity index (χ3v) is 5.09. The lowest BCUT2D eigenvalue weighted by molar-refractivity contribution is 0.0794. The highest BCUT2D eigenvalue weighted by Crippen LogP contribution is 2.29. The van der Waals surface area contributed by atoms with Crippen molar-refractivity contribution in [3.05, 3.63) is 52.2 Å². The molecule has 0 saturated carbocycles. The van der Waals surface area contributed by atoms with Crippen LogP contribution in [0.3, 0.4) is 0 Å². The summed E-state index contributed by atoms with van der Waals surface area (Å²) in [6.07, 6.45) is 0.805. The number of hydrogen-bond acceptors (Lipinski definition) is 4. The summed E-state index contributed by atoms with van der Waals surface area (Å²) < 4.78 is 13.2. The van der Waals surface area contributed by atoms with Crippen molar-refractivity contribution in [2.45, 2.75) is 19.4 Å². The van der Waals surface area contributed by atoms with Crippen molar-refractivity contribution in [2.24, 2.45) is 5.73 Å². The number of benzene rings is 1. The average molecular weight is 384 g/mol. The van der Waals surface area contributed by atoms with Gasteiger partial charge in [-0.05, 0) is 43.2 Å². The van der Waals surface area contributed by atoms with Crippen LogP contribution in [0.5, 0.6) is 0 Å². The molecule has 0 aliphatic carbocycles. The molecule has 134 valence electrons. The van der Waals surface area contributed by atoms with Gasteiger partial charge in [-0.2, -0.15) is 0 Å². The van der Waals surface area contributed by atoms with Crippen LogP contribution in [0.25, 0.3) is 0 Å². The Balaban J connectivity index is 0.00000225. The molecule has 25 heavy (non-hydrogen) atoms. The molecular formula is C17H19ClFN3O2S. The fourth-order valence-electron chi connectivity index (χ4n) is 2.69. The molecule has 0 bridgehead atoms. The van der Waals surface area contributed by atoms with Crippen LogP contribution in [0.15, 0.2) is 30.3 Å². The van der Waals surface area contributed by atoms with Gasteiger partial charge in [0.05, 0.1) is 9.88 Å². The molecular weight excluding hydrogens is 365 g/mol. The number of rotatable bonds is 3. The van der Waals surface area contributed by atoms with E-state index in [1.807, 2.05) is 6.92 Å². The van der Waals surface area contributed by atoms with E-state index in [0.717, 1.165) is 12.0 Å². The van der Waals surface area contributed by atoms with Gasteiger partial charge in [0.25, 0.3) is 11.8 Å². The minimum atomic E-state index is -0.466. The Bertz CT molecular complexity index is 796. The van der Waals surface area contributed by atoms with E-state index in [0.29, 0.717) is 23.0 Å². The molecule has 2 amide bonds. The fraction of sp³-hybridized carbons (Fsp3) is 0.294. The van der Waals surface area contributed by atoms with Gasteiger partial charge in [-0.3, -0.25) is 9.59 Å². The maximum Gasteiger partial charge on any atom is 0.264 e. The first-order valence-electron chi connectivity index (χ1n) is 7.66. The number of nitrogens with zero attached hydrogens (tertiary/aromatic N) is 1. The highest BCUT2D eigenvalue weighted by atomic mass is 35.5. The summed E-state index contributed by atoms with van der Waals surface area (Å²) in [7, 11) is 0. The van der Waals surface area contributed by atoms with E-state index in [1.54, 1.807) is 11.0 Å². The number of nitrogens with two attached hydrogens (primary N) is 1. The Morgan fingerprint density at radius 3 is 2.76 bits per heavy atom. The summed E-state index contributed by atoms with van der Waals surface area (Å²) in [5.74, 6) is -0.930. The van der Waals surface area contributed by atoms with Gasteiger partial charge in [-0.15, -0.1) is 23.7 Å². The van der Waals surface area contributed by atoms with Crippen LogP contribution in [-0.4, -0.2) is 35.8 Å². The second-order valence-corrected chi connectivity index (χ2v) is 6.94. The summed E-state index contributed by atoms with van der Waals surface area (Å²) in [4.78, 5) is 27.1. The van der Waals surface area contributed by atoms with E-state index >= 15 is 0 Å². The standard InChI is InChI=1S/C17H18FN3O2S.ClH/c1-10-7-14(20-16(22)11-3-2-4-12(18)8-11)24-15(10)17(23)21-6-5-13(19)9-21;/h2-4,7-8,13H,5-6,9,19H2,1H3,(H,20,22);1H/t13-;/m1./s1. The summed E-state index contributed by atoms with van der Waals surface area (Å²) in [6.45, 7) is 3.04. The van der Waals surface area contributed by atoms with E-state index < -0.39 is 11.7 Å². The first-order valence-corrected chi connectivity index (χ1v) is 8.48.